The van der Waals surface area contributed by atoms with Gasteiger partial charge in [0.05, 0.1) is 11.6 Å². The standard InChI is InChI=1S/C12H16N4O/c1-15-10-5-3-7-14-11(10)16(12(15)17)9-4-2-6-13-8-9/h3,5,7,9,13H,2,4,6,8H2,1H3. The molecule has 1 aliphatic heterocycles. The second kappa shape index (κ2) is 4.00. The van der Waals surface area contributed by atoms with Gasteiger partial charge in [0, 0.05) is 19.8 Å². The molecule has 0 aromatic carbocycles. The molecule has 17 heavy (non-hydrogen) atoms. The second-order valence-electron chi connectivity index (χ2n) is 4.56. The van der Waals surface area contributed by atoms with Gasteiger partial charge in [-0.05, 0) is 31.5 Å². The van der Waals surface area contributed by atoms with Crippen LogP contribution in [0.3, 0.4) is 0 Å². The third-order valence-corrected chi connectivity index (χ3v) is 3.48. The van der Waals surface area contributed by atoms with Crippen LogP contribution in [0.25, 0.3) is 11.2 Å². The first-order valence-corrected chi connectivity index (χ1v) is 6.01. The van der Waals surface area contributed by atoms with Gasteiger partial charge in [0.2, 0.25) is 0 Å². The normalized spacial score (nSPS) is 20.9. The van der Waals surface area contributed by atoms with E-state index >= 15 is 0 Å². The maximum Gasteiger partial charge on any atom is 0.330 e. The summed E-state index contributed by atoms with van der Waals surface area (Å²) in [4.78, 5) is 16.6. The number of hydrogen-bond acceptors (Lipinski definition) is 3. The van der Waals surface area contributed by atoms with E-state index in [1.165, 1.54) is 0 Å². The number of imidazole rings is 1. The van der Waals surface area contributed by atoms with Crippen LogP contribution in [0.2, 0.25) is 0 Å². The Morgan fingerprint density at radius 3 is 3.18 bits per heavy atom. The molecule has 1 aliphatic rings. The lowest BCUT2D eigenvalue weighted by molar-refractivity contribution is 0.368. The molecule has 2 aromatic heterocycles. The molecule has 5 nitrogen and oxygen atoms in total. The van der Waals surface area contributed by atoms with Gasteiger partial charge in [-0.1, -0.05) is 0 Å². The zero-order chi connectivity index (χ0) is 11.8. The lowest BCUT2D eigenvalue weighted by Crippen LogP contribution is -2.36. The van der Waals surface area contributed by atoms with E-state index in [4.69, 9.17) is 0 Å². The van der Waals surface area contributed by atoms with Gasteiger partial charge < -0.3 is 5.32 Å². The number of pyridine rings is 1. The molecule has 0 radical (unpaired) electrons. The van der Waals surface area contributed by atoms with E-state index < -0.39 is 0 Å². The quantitative estimate of drug-likeness (QED) is 0.786. The number of rotatable bonds is 1. The van der Waals surface area contributed by atoms with Crippen molar-refractivity contribution in [3.8, 4) is 0 Å². The predicted molar refractivity (Wildman–Crippen MR) is 66.1 cm³/mol. The van der Waals surface area contributed by atoms with E-state index in [-0.39, 0.29) is 11.7 Å². The summed E-state index contributed by atoms with van der Waals surface area (Å²) in [7, 11) is 1.80. The highest BCUT2D eigenvalue weighted by Crippen LogP contribution is 2.19. The first-order chi connectivity index (χ1) is 8.29. The molecule has 1 atom stereocenters. The number of nitrogens with one attached hydrogen (secondary N) is 1. The van der Waals surface area contributed by atoms with Gasteiger partial charge in [-0.2, -0.15) is 0 Å². The average Bonchev–Trinajstić information content (AvgIpc) is 2.64. The summed E-state index contributed by atoms with van der Waals surface area (Å²) in [6.07, 6.45) is 3.90. The molecule has 0 saturated carbocycles. The number of fused-ring (bicyclic) bond motifs is 1. The Labute approximate surface area is 99.1 Å². The fourth-order valence-corrected chi connectivity index (χ4v) is 2.57. The summed E-state index contributed by atoms with van der Waals surface area (Å²) in [5.74, 6) is 0. The molecule has 5 heteroatoms. The molecule has 2 aromatic rings. The maximum absolute atomic E-state index is 12.2. The van der Waals surface area contributed by atoms with Crippen LogP contribution >= 0.6 is 0 Å². The van der Waals surface area contributed by atoms with Gasteiger partial charge >= 0.3 is 5.69 Å². The molecule has 90 valence electrons. The van der Waals surface area contributed by atoms with Crippen LogP contribution in [-0.4, -0.2) is 27.2 Å². The molecule has 1 saturated heterocycles. The molecule has 0 amide bonds. The van der Waals surface area contributed by atoms with Gasteiger partial charge in [-0.3, -0.25) is 9.13 Å². The number of aryl methyl sites for hydroxylation is 1. The minimum atomic E-state index is 0.0346. The fourth-order valence-electron chi connectivity index (χ4n) is 2.57. The number of hydrogen-bond donors (Lipinski definition) is 1. The van der Waals surface area contributed by atoms with Crippen LogP contribution in [0.4, 0.5) is 0 Å². The predicted octanol–water partition coefficient (Wildman–Crippen LogP) is 0.659. The van der Waals surface area contributed by atoms with E-state index in [0.29, 0.717) is 0 Å². The van der Waals surface area contributed by atoms with Crippen molar-refractivity contribution in [1.82, 2.24) is 19.4 Å². The molecule has 3 rings (SSSR count). The average molecular weight is 232 g/mol. The minimum absolute atomic E-state index is 0.0346. The Hall–Kier alpha value is -1.62. The van der Waals surface area contributed by atoms with Crippen LogP contribution in [0, 0.1) is 0 Å². The van der Waals surface area contributed by atoms with E-state index in [0.717, 1.165) is 37.1 Å². The van der Waals surface area contributed by atoms with Crippen molar-refractivity contribution < 1.29 is 0 Å². The molecule has 0 aliphatic carbocycles. The minimum Gasteiger partial charge on any atom is -0.315 e. The van der Waals surface area contributed by atoms with Crippen LogP contribution in [0.15, 0.2) is 23.1 Å². The van der Waals surface area contributed by atoms with E-state index in [2.05, 4.69) is 10.3 Å². The van der Waals surface area contributed by atoms with Crippen molar-refractivity contribution in [2.24, 2.45) is 7.05 Å². The maximum atomic E-state index is 12.2. The van der Waals surface area contributed by atoms with Gasteiger partial charge in [0.25, 0.3) is 0 Å². The summed E-state index contributed by atoms with van der Waals surface area (Å²) in [5.41, 5.74) is 1.74. The molecular weight excluding hydrogens is 216 g/mol. The first-order valence-electron chi connectivity index (χ1n) is 6.01. The number of piperidine rings is 1. The highest BCUT2D eigenvalue weighted by Gasteiger charge is 2.21. The van der Waals surface area contributed by atoms with Crippen LogP contribution in [-0.2, 0) is 7.05 Å². The Bertz CT molecular complexity index is 592. The smallest absolute Gasteiger partial charge is 0.315 e. The zero-order valence-electron chi connectivity index (χ0n) is 9.89. The lowest BCUT2D eigenvalue weighted by atomic mass is 10.1. The summed E-state index contributed by atoms with van der Waals surface area (Å²) in [6, 6.07) is 4.04. The summed E-state index contributed by atoms with van der Waals surface area (Å²) in [6.45, 7) is 1.90. The topological polar surface area (TPSA) is 51.9 Å². The van der Waals surface area contributed by atoms with E-state index in [1.54, 1.807) is 17.8 Å². The lowest BCUT2D eigenvalue weighted by Gasteiger charge is -2.23. The Balaban J connectivity index is 2.21. The molecule has 0 bridgehead atoms. The van der Waals surface area contributed by atoms with Gasteiger partial charge in [0.1, 0.15) is 0 Å². The Morgan fingerprint density at radius 2 is 2.41 bits per heavy atom. The van der Waals surface area contributed by atoms with Crippen molar-refractivity contribution in [3.05, 3.63) is 28.8 Å². The highest BCUT2D eigenvalue weighted by atomic mass is 16.1. The SMILES string of the molecule is Cn1c(=O)n(C2CCCNC2)c2ncccc21. The Morgan fingerprint density at radius 1 is 1.53 bits per heavy atom. The fraction of sp³-hybridized carbons (Fsp3) is 0.500. The largest absolute Gasteiger partial charge is 0.330 e. The third-order valence-electron chi connectivity index (χ3n) is 3.48. The van der Waals surface area contributed by atoms with Gasteiger partial charge in [0.15, 0.2) is 5.65 Å². The summed E-state index contributed by atoms with van der Waals surface area (Å²) < 4.78 is 3.51. The molecule has 1 N–H and O–H groups in total. The number of nitrogens with zero attached hydrogens (tertiary/aromatic N) is 3. The van der Waals surface area contributed by atoms with Crippen molar-refractivity contribution >= 4 is 11.2 Å². The molecule has 1 fully saturated rings. The van der Waals surface area contributed by atoms with Crippen molar-refractivity contribution in [2.45, 2.75) is 18.9 Å². The summed E-state index contributed by atoms with van der Waals surface area (Å²) >= 11 is 0. The molecular formula is C12H16N4O. The van der Waals surface area contributed by atoms with Crippen molar-refractivity contribution in [1.29, 1.82) is 0 Å². The van der Waals surface area contributed by atoms with Gasteiger partial charge in [-0.15, -0.1) is 0 Å². The third kappa shape index (κ3) is 1.58. The first kappa shape index (κ1) is 10.5. The van der Waals surface area contributed by atoms with E-state index in [9.17, 15) is 4.79 Å². The van der Waals surface area contributed by atoms with Crippen LogP contribution < -0.4 is 11.0 Å². The monoisotopic (exact) mass is 232 g/mol. The summed E-state index contributed by atoms with van der Waals surface area (Å²) in [5, 5.41) is 3.34. The van der Waals surface area contributed by atoms with Gasteiger partial charge in [-0.25, -0.2) is 9.78 Å². The second-order valence-corrected chi connectivity index (χ2v) is 4.56. The number of aromatic nitrogens is 3. The van der Waals surface area contributed by atoms with Crippen LogP contribution in [0.5, 0.6) is 0 Å². The zero-order valence-corrected chi connectivity index (χ0v) is 9.89. The molecule has 0 spiro atoms. The Kier molecular flexibility index (Phi) is 2.48. The molecule has 1 unspecified atom stereocenters. The molecule has 3 heterocycles. The van der Waals surface area contributed by atoms with E-state index in [1.807, 2.05) is 16.7 Å². The van der Waals surface area contributed by atoms with Crippen molar-refractivity contribution in [3.63, 3.8) is 0 Å². The van der Waals surface area contributed by atoms with Crippen molar-refractivity contribution in [2.75, 3.05) is 13.1 Å². The highest BCUT2D eigenvalue weighted by molar-refractivity contribution is 5.71. The van der Waals surface area contributed by atoms with Crippen LogP contribution in [0.1, 0.15) is 18.9 Å².